The van der Waals surface area contributed by atoms with Gasteiger partial charge in [0.1, 0.15) is 12.3 Å². The predicted octanol–water partition coefficient (Wildman–Crippen LogP) is 3.83. The minimum atomic E-state index is -1.25. The number of ether oxygens (including phenoxy) is 2. The van der Waals surface area contributed by atoms with Gasteiger partial charge in [-0.25, -0.2) is 4.39 Å². The minimum Gasteiger partial charge on any atom is -0.339 e. The highest BCUT2D eigenvalue weighted by molar-refractivity contribution is 5.34. The van der Waals surface area contributed by atoms with Gasteiger partial charge >= 0.3 is 0 Å². The van der Waals surface area contributed by atoms with Crippen LogP contribution in [0.1, 0.15) is 11.1 Å². The van der Waals surface area contributed by atoms with E-state index in [9.17, 15) is 4.39 Å². The number of alkyl halides is 1. The number of rotatable bonds is 4. The molecule has 1 saturated heterocycles. The molecule has 1 aliphatic heterocycles. The molecule has 21 heavy (non-hydrogen) atoms. The maximum absolute atomic E-state index is 13.9. The van der Waals surface area contributed by atoms with Gasteiger partial charge in [0.25, 0.3) is 0 Å². The zero-order valence-corrected chi connectivity index (χ0v) is 11.6. The van der Waals surface area contributed by atoms with Gasteiger partial charge in [-0.3, -0.25) is 0 Å². The molecule has 3 rings (SSSR count). The fourth-order valence-electron chi connectivity index (χ4n) is 2.57. The molecule has 2 atom stereocenters. The summed E-state index contributed by atoms with van der Waals surface area (Å²) in [6, 6.07) is 19.2. The maximum atomic E-state index is 13.9. The Morgan fingerprint density at radius 2 is 1.57 bits per heavy atom. The van der Waals surface area contributed by atoms with Crippen LogP contribution in [0.2, 0.25) is 0 Å². The van der Waals surface area contributed by atoms with Gasteiger partial charge in [-0.15, -0.1) is 6.58 Å². The fourth-order valence-corrected chi connectivity index (χ4v) is 2.57. The Bertz CT molecular complexity index is 558. The summed E-state index contributed by atoms with van der Waals surface area (Å²) in [6.45, 7) is 3.68. The second-order valence-electron chi connectivity index (χ2n) is 5.00. The molecule has 0 unspecified atom stereocenters. The van der Waals surface area contributed by atoms with E-state index in [0.717, 1.165) is 11.1 Å². The van der Waals surface area contributed by atoms with Gasteiger partial charge in [0.2, 0.25) is 5.79 Å². The Morgan fingerprint density at radius 3 is 2.05 bits per heavy atom. The average molecular weight is 284 g/mol. The first-order chi connectivity index (χ1) is 10.3. The highest BCUT2D eigenvalue weighted by atomic mass is 19.1. The van der Waals surface area contributed by atoms with Crippen LogP contribution >= 0.6 is 0 Å². The maximum Gasteiger partial charge on any atom is 0.222 e. The molecule has 2 aromatic rings. The lowest BCUT2D eigenvalue weighted by Crippen LogP contribution is -2.31. The first-order valence-electron chi connectivity index (χ1n) is 6.96. The van der Waals surface area contributed by atoms with Crippen LogP contribution in [0.15, 0.2) is 73.3 Å². The summed E-state index contributed by atoms with van der Waals surface area (Å²) in [4.78, 5) is 0. The van der Waals surface area contributed by atoms with Gasteiger partial charge in [-0.05, 0) is 0 Å². The monoisotopic (exact) mass is 284 g/mol. The van der Waals surface area contributed by atoms with Gasteiger partial charge in [-0.1, -0.05) is 66.7 Å². The molecular formula is C18H17FO2. The molecule has 0 saturated carbocycles. The average Bonchev–Trinajstić information content (AvgIpc) is 3.02. The van der Waals surface area contributed by atoms with Crippen molar-refractivity contribution < 1.29 is 13.9 Å². The van der Waals surface area contributed by atoms with Crippen molar-refractivity contribution in [2.75, 3.05) is 6.61 Å². The van der Waals surface area contributed by atoms with Crippen molar-refractivity contribution in [3.8, 4) is 0 Å². The summed E-state index contributed by atoms with van der Waals surface area (Å²) in [5.41, 5.74) is 1.71. The fraction of sp³-hybridized carbons (Fsp3) is 0.222. The second-order valence-corrected chi connectivity index (χ2v) is 5.00. The summed E-state index contributed by atoms with van der Waals surface area (Å²) >= 11 is 0. The number of hydrogen-bond donors (Lipinski definition) is 0. The van der Waals surface area contributed by atoms with E-state index < -0.39 is 18.1 Å². The van der Waals surface area contributed by atoms with Crippen molar-refractivity contribution in [3.05, 3.63) is 84.4 Å². The molecule has 2 nitrogen and oxygen atoms in total. The van der Waals surface area contributed by atoms with Crippen LogP contribution in [0, 0.1) is 0 Å². The molecule has 108 valence electrons. The van der Waals surface area contributed by atoms with E-state index in [-0.39, 0.29) is 6.61 Å². The number of benzene rings is 2. The molecule has 0 N–H and O–H groups in total. The molecule has 0 amide bonds. The lowest BCUT2D eigenvalue weighted by atomic mass is 9.97. The standard InChI is InChI=1S/C18H17FO2/c1-2-16(19)17-13-20-18(21-17,14-9-5-3-6-10-14)15-11-7-4-8-12-15/h2-12,16-17H,1,13H2/t16-,17+/m1/s1. The van der Waals surface area contributed by atoms with E-state index in [1.54, 1.807) is 0 Å². The van der Waals surface area contributed by atoms with E-state index in [0.29, 0.717) is 0 Å². The van der Waals surface area contributed by atoms with E-state index in [2.05, 4.69) is 6.58 Å². The van der Waals surface area contributed by atoms with E-state index in [1.165, 1.54) is 6.08 Å². The molecule has 1 aliphatic rings. The van der Waals surface area contributed by atoms with Crippen molar-refractivity contribution in [1.29, 1.82) is 0 Å². The zero-order valence-electron chi connectivity index (χ0n) is 11.6. The summed E-state index contributed by atoms with van der Waals surface area (Å²) in [5, 5.41) is 0. The summed E-state index contributed by atoms with van der Waals surface area (Å²) in [6.07, 6.45) is -0.651. The van der Waals surface area contributed by atoms with Crippen LogP contribution in [0.4, 0.5) is 4.39 Å². The Labute approximate surface area is 123 Å². The van der Waals surface area contributed by atoms with E-state index >= 15 is 0 Å². The van der Waals surface area contributed by atoms with Crippen molar-refractivity contribution in [2.45, 2.75) is 18.1 Å². The molecule has 0 spiro atoms. The van der Waals surface area contributed by atoms with E-state index in [1.807, 2.05) is 60.7 Å². The zero-order chi connectivity index (χ0) is 14.7. The van der Waals surface area contributed by atoms with Crippen LogP contribution in [0.5, 0.6) is 0 Å². The first kappa shape index (κ1) is 14.0. The molecule has 1 heterocycles. The van der Waals surface area contributed by atoms with Gasteiger partial charge in [-0.2, -0.15) is 0 Å². The normalized spacial score (nSPS) is 21.9. The third kappa shape index (κ3) is 2.50. The highest BCUT2D eigenvalue weighted by Gasteiger charge is 2.46. The first-order valence-corrected chi connectivity index (χ1v) is 6.96. The van der Waals surface area contributed by atoms with Crippen LogP contribution in [-0.2, 0) is 15.3 Å². The third-order valence-electron chi connectivity index (χ3n) is 3.66. The summed E-state index contributed by atoms with van der Waals surface area (Å²) < 4.78 is 25.8. The van der Waals surface area contributed by atoms with Crippen LogP contribution < -0.4 is 0 Å². The van der Waals surface area contributed by atoms with Crippen LogP contribution in [-0.4, -0.2) is 18.9 Å². The molecule has 1 fully saturated rings. The molecule has 0 aliphatic carbocycles. The van der Waals surface area contributed by atoms with Crippen molar-refractivity contribution in [1.82, 2.24) is 0 Å². The molecule has 2 aromatic carbocycles. The van der Waals surface area contributed by atoms with E-state index in [4.69, 9.17) is 9.47 Å². The SMILES string of the molecule is C=C[C@@H](F)[C@@H]1COC(c2ccccc2)(c2ccccc2)O1. The van der Waals surface area contributed by atoms with Crippen LogP contribution in [0.3, 0.4) is 0 Å². The Balaban J connectivity index is 2.04. The predicted molar refractivity (Wildman–Crippen MR) is 79.6 cm³/mol. The smallest absolute Gasteiger partial charge is 0.222 e. The Hall–Kier alpha value is -1.97. The molecule has 0 radical (unpaired) electrons. The van der Waals surface area contributed by atoms with Gasteiger partial charge in [0.05, 0.1) is 6.61 Å². The third-order valence-corrected chi connectivity index (χ3v) is 3.66. The molecule has 0 bridgehead atoms. The van der Waals surface area contributed by atoms with Gasteiger partial charge < -0.3 is 9.47 Å². The van der Waals surface area contributed by atoms with Crippen molar-refractivity contribution >= 4 is 0 Å². The quantitative estimate of drug-likeness (QED) is 0.794. The largest absolute Gasteiger partial charge is 0.339 e. The Kier molecular flexibility index (Phi) is 3.86. The van der Waals surface area contributed by atoms with Crippen molar-refractivity contribution in [2.24, 2.45) is 0 Å². The topological polar surface area (TPSA) is 18.5 Å². The number of halogens is 1. The molecular weight excluding hydrogens is 267 g/mol. The van der Waals surface area contributed by atoms with Gasteiger partial charge in [0.15, 0.2) is 0 Å². The molecule has 0 aromatic heterocycles. The highest BCUT2D eigenvalue weighted by Crippen LogP contribution is 2.41. The minimum absolute atomic E-state index is 0.191. The summed E-state index contributed by atoms with van der Waals surface area (Å²) in [7, 11) is 0. The van der Waals surface area contributed by atoms with Crippen LogP contribution in [0.25, 0.3) is 0 Å². The lowest BCUT2D eigenvalue weighted by Gasteiger charge is -2.29. The second kappa shape index (κ2) is 5.80. The number of hydrogen-bond acceptors (Lipinski definition) is 2. The van der Waals surface area contributed by atoms with Gasteiger partial charge in [0, 0.05) is 11.1 Å². The Morgan fingerprint density at radius 1 is 1.05 bits per heavy atom. The molecule has 3 heteroatoms. The lowest BCUT2D eigenvalue weighted by molar-refractivity contribution is -0.147. The van der Waals surface area contributed by atoms with Crippen molar-refractivity contribution in [3.63, 3.8) is 0 Å². The summed E-state index contributed by atoms with van der Waals surface area (Å²) in [5.74, 6) is -1.06.